The van der Waals surface area contributed by atoms with E-state index in [0.717, 1.165) is 87.0 Å². The van der Waals surface area contributed by atoms with Crippen molar-refractivity contribution in [2.45, 2.75) is 63.2 Å². The van der Waals surface area contributed by atoms with Gasteiger partial charge in [0.25, 0.3) is 21.6 Å². The number of allylic oxidation sites excluding steroid dienone is 1. The van der Waals surface area contributed by atoms with Crippen molar-refractivity contribution in [2.24, 2.45) is 11.3 Å². The Morgan fingerprint density at radius 3 is 2.51 bits per heavy atom. The van der Waals surface area contributed by atoms with Gasteiger partial charge in [-0.2, -0.15) is 0 Å². The van der Waals surface area contributed by atoms with Gasteiger partial charge in [-0.3, -0.25) is 34.5 Å². The fourth-order valence-corrected chi connectivity index (χ4v) is 11.2. The second kappa shape index (κ2) is 18.5. The highest BCUT2D eigenvalue weighted by Crippen LogP contribution is 2.43. The van der Waals surface area contributed by atoms with Crippen molar-refractivity contribution >= 4 is 72.2 Å². The number of H-pyrrole nitrogens is 1. The van der Waals surface area contributed by atoms with Crippen LogP contribution in [0.25, 0.3) is 33.3 Å². The normalized spacial score (nSPS) is 20.7. The fraction of sp³-hybridized carbons (Fsp3) is 0.408. The lowest BCUT2D eigenvalue weighted by Crippen LogP contribution is -2.56. The predicted molar refractivity (Wildman–Crippen MR) is 261 cm³/mol. The molecule has 68 heavy (non-hydrogen) atoms. The molecule has 1 amide bonds. The molecule has 19 heteroatoms. The van der Waals surface area contributed by atoms with E-state index in [4.69, 9.17) is 16.3 Å². The summed E-state index contributed by atoms with van der Waals surface area (Å²) in [5.74, 6) is -0.734. The molecular formula is C49H54ClFN10O6S. The molecule has 356 valence electrons. The molecule has 0 saturated carbocycles. The number of sulfonamides is 1. The number of hydrogen-bond donors (Lipinski definition) is 3. The summed E-state index contributed by atoms with van der Waals surface area (Å²) < 4.78 is 50.4. The molecule has 0 radical (unpaired) electrons. The molecule has 6 heterocycles. The van der Waals surface area contributed by atoms with E-state index < -0.39 is 37.8 Å². The van der Waals surface area contributed by atoms with Crippen LogP contribution in [-0.2, 0) is 14.8 Å². The van der Waals surface area contributed by atoms with Crippen LogP contribution in [0.2, 0.25) is 5.02 Å². The number of nitro groups is 1. The summed E-state index contributed by atoms with van der Waals surface area (Å²) in [5, 5.41) is 20.2. The number of fused-ring (bicyclic) bond motifs is 2. The Bertz CT molecular complexity index is 3030. The van der Waals surface area contributed by atoms with Gasteiger partial charge < -0.3 is 15.0 Å². The number of piperazine rings is 1. The van der Waals surface area contributed by atoms with Crippen LogP contribution in [0, 0.1) is 21.4 Å². The van der Waals surface area contributed by atoms with Gasteiger partial charge in [0.1, 0.15) is 11.2 Å². The van der Waals surface area contributed by atoms with Crippen molar-refractivity contribution in [3.8, 4) is 5.69 Å². The Morgan fingerprint density at radius 2 is 1.79 bits per heavy atom. The number of nitro benzene ring substituents is 1. The number of ether oxygens (including phenoxy) is 1. The molecule has 1 unspecified atom stereocenters. The number of nitrogens with zero attached hydrogens (tertiary/aromatic N) is 7. The van der Waals surface area contributed by atoms with E-state index in [2.05, 4.69) is 65.8 Å². The largest absolute Gasteiger partial charge is 0.379 e. The molecule has 3 aliphatic heterocycles. The number of alkyl halides is 1. The number of anilines is 2. The summed E-state index contributed by atoms with van der Waals surface area (Å²) in [7, 11) is -4.60. The van der Waals surface area contributed by atoms with Crippen LogP contribution in [0.4, 0.5) is 21.5 Å². The molecule has 16 nitrogen and oxygen atoms in total. The first-order valence-electron chi connectivity index (χ1n) is 23.2. The van der Waals surface area contributed by atoms with E-state index in [1.165, 1.54) is 28.8 Å². The van der Waals surface area contributed by atoms with E-state index in [0.29, 0.717) is 48.6 Å². The van der Waals surface area contributed by atoms with E-state index >= 15 is 0 Å². The van der Waals surface area contributed by atoms with E-state index in [1.807, 2.05) is 36.4 Å². The highest BCUT2D eigenvalue weighted by atomic mass is 35.5. The highest BCUT2D eigenvalue weighted by molar-refractivity contribution is 7.90. The number of piperidine rings is 1. The van der Waals surface area contributed by atoms with Crippen LogP contribution >= 0.6 is 11.6 Å². The Hall–Kier alpha value is -5.92. The highest BCUT2D eigenvalue weighted by Gasteiger charge is 2.39. The van der Waals surface area contributed by atoms with Gasteiger partial charge >= 0.3 is 0 Å². The second-order valence-electron chi connectivity index (χ2n) is 19.2. The molecule has 3 saturated heterocycles. The Labute approximate surface area is 398 Å². The summed E-state index contributed by atoms with van der Waals surface area (Å²) in [6.45, 7) is 10.8. The van der Waals surface area contributed by atoms with Crippen LogP contribution in [0.1, 0.15) is 61.9 Å². The third kappa shape index (κ3) is 9.44. The summed E-state index contributed by atoms with van der Waals surface area (Å²) in [6.07, 6.45) is 6.83. The van der Waals surface area contributed by atoms with Crippen molar-refractivity contribution < 1.29 is 27.3 Å². The van der Waals surface area contributed by atoms with Crippen LogP contribution < -0.4 is 14.9 Å². The van der Waals surface area contributed by atoms with Crippen molar-refractivity contribution in [1.82, 2.24) is 34.3 Å². The van der Waals surface area contributed by atoms with Gasteiger partial charge in [0.2, 0.25) is 6.36 Å². The van der Waals surface area contributed by atoms with E-state index in [1.54, 1.807) is 23.1 Å². The zero-order chi connectivity index (χ0) is 47.3. The first-order chi connectivity index (χ1) is 32.7. The lowest BCUT2D eigenvalue weighted by atomic mass is 9.72. The monoisotopic (exact) mass is 964 g/mol. The van der Waals surface area contributed by atoms with Gasteiger partial charge in [0.15, 0.2) is 5.65 Å². The molecule has 10 rings (SSSR count). The molecule has 3 aromatic carbocycles. The fourth-order valence-electron chi connectivity index (χ4n) is 10.1. The maximum Gasteiger partial charge on any atom is 0.293 e. The van der Waals surface area contributed by atoms with Gasteiger partial charge in [-0.05, 0) is 122 Å². The van der Waals surface area contributed by atoms with Crippen LogP contribution in [-0.4, -0.2) is 120 Å². The number of carbonyl (C=O) groups is 1. The van der Waals surface area contributed by atoms with Crippen LogP contribution in [0.15, 0.2) is 95.7 Å². The molecule has 0 bridgehead atoms. The summed E-state index contributed by atoms with van der Waals surface area (Å²) in [6, 6.07) is 20.6. The third-order valence-corrected chi connectivity index (χ3v) is 15.8. The average Bonchev–Trinajstić information content (AvgIpc) is 3.97. The van der Waals surface area contributed by atoms with Crippen molar-refractivity contribution in [3.05, 3.63) is 117 Å². The molecule has 1 aliphatic carbocycles. The maximum absolute atomic E-state index is 14.3. The number of aromatic nitrogens is 4. The number of rotatable bonds is 13. The topological polar surface area (TPSA) is 184 Å². The number of benzene rings is 3. The first kappa shape index (κ1) is 45.8. The van der Waals surface area contributed by atoms with Gasteiger partial charge in [0.05, 0.1) is 39.2 Å². The predicted octanol–water partition coefficient (Wildman–Crippen LogP) is 8.19. The number of halogens is 2. The third-order valence-electron chi connectivity index (χ3n) is 14.2. The molecule has 2 atom stereocenters. The zero-order valence-electron chi connectivity index (χ0n) is 38.0. The number of aromatic amines is 1. The molecule has 6 aromatic rings. The van der Waals surface area contributed by atoms with Gasteiger partial charge in [-0.1, -0.05) is 43.2 Å². The summed E-state index contributed by atoms with van der Waals surface area (Å²) >= 11 is 6.26. The average molecular weight is 966 g/mol. The van der Waals surface area contributed by atoms with E-state index in [9.17, 15) is 27.7 Å². The standard InChI is InChI=1S/C49H54ClFN10O6S/c1-49(2)15-11-34(39(26-49)32-3-5-35(50)6-4-32)29-57-19-21-58(22-20-57)36-7-9-38(42(24-36)60-43-23-33-12-16-52-47(33)55-41(43)28-54-60)48(62)56-68(65,66)37-8-10-40(44(25-37)61(63)64)53-27-31-13-17-59(18-14-31)45-30-67-46(45)51/h3-10,12,16,23-25,28,31,45-46,53-54H,11,13-15,17-22,26-27,29-30H2,1-2H3,(H,56,62)/t45?,46-/m1/s1. The lowest BCUT2D eigenvalue weighted by Gasteiger charge is -2.43. The molecule has 4 aliphatic rings. The minimum absolute atomic E-state index is 0.0537. The number of nitrogens with one attached hydrogen (secondary N) is 3. The van der Waals surface area contributed by atoms with Crippen molar-refractivity contribution in [2.75, 3.05) is 69.2 Å². The van der Waals surface area contributed by atoms with Crippen molar-refractivity contribution in [1.29, 1.82) is 0 Å². The lowest BCUT2D eigenvalue weighted by molar-refractivity contribution is -0.384. The second-order valence-corrected chi connectivity index (χ2v) is 21.4. The van der Waals surface area contributed by atoms with Gasteiger partial charge in [-0.15, -0.1) is 0 Å². The van der Waals surface area contributed by atoms with Crippen LogP contribution in [0.3, 0.4) is 0 Å². The van der Waals surface area contributed by atoms with Gasteiger partial charge in [-0.25, -0.2) is 27.5 Å². The number of hydrogen-bond acceptors (Lipinski definition) is 12. The number of likely N-dealkylation sites (tertiary alicyclic amines) is 1. The zero-order valence-corrected chi connectivity index (χ0v) is 39.5. The Morgan fingerprint density at radius 1 is 1.01 bits per heavy atom. The minimum Gasteiger partial charge on any atom is -0.379 e. The quantitative estimate of drug-likeness (QED) is 0.0747. The molecule has 0 spiro atoms. The van der Waals surface area contributed by atoms with Gasteiger partial charge in [0, 0.05) is 73.8 Å². The number of amides is 1. The molecular weight excluding hydrogens is 911 g/mol. The first-order valence-corrected chi connectivity index (χ1v) is 25.0. The molecule has 3 fully saturated rings. The Kier molecular flexibility index (Phi) is 12.5. The Balaban J connectivity index is 0.875. The molecule has 3 aromatic heterocycles. The van der Waals surface area contributed by atoms with Crippen LogP contribution in [0.5, 0.6) is 0 Å². The summed E-state index contributed by atoms with van der Waals surface area (Å²) in [4.78, 5) is 41.4. The maximum atomic E-state index is 14.3. The number of carbonyl (C=O) groups excluding carboxylic acids is 1. The molecule has 3 N–H and O–H groups in total. The SMILES string of the molecule is CC1(C)CCC(CN2CCN(c3ccc(C(=O)NS(=O)(=O)c4ccc(NCC5CCN(C6CO[C@H]6F)CC5)c([N+](=O)[O-])c4)c(-n4[nH]cc5nc6nccc6cc54)c3)CC2)=C(c2ccc(Cl)cc2)C1. The minimum atomic E-state index is -4.60. The van der Waals surface area contributed by atoms with E-state index in [-0.39, 0.29) is 28.6 Å². The summed E-state index contributed by atoms with van der Waals surface area (Å²) in [5.41, 5.74) is 7.14. The smallest absolute Gasteiger partial charge is 0.293 e. The van der Waals surface area contributed by atoms with Crippen molar-refractivity contribution in [3.63, 3.8) is 0 Å². The number of pyridine rings is 1.